The molecule has 0 spiro atoms. The van der Waals surface area contributed by atoms with E-state index in [1.807, 2.05) is 12.1 Å². The highest BCUT2D eigenvalue weighted by molar-refractivity contribution is 6.31. The molecule has 1 heterocycles. The molecular weight excluding hydrogens is 244 g/mol. The zero-order valence-corrected chi connectivity index (χ0v) is 12.1. The van der Waals surface area contributed by atoms with E-state index in [0.717, 1.165) is 23.6 Å². The predicted molar refractivity (Wildman–Crippen MR) is 79.1 cm³/mol. The van der Waals surface area contributed by atoms with Crippen LogP contribution in [0.5, 0.6) is 0 Å². The molecule has 0 aliphatic carbocycles. The number of benzene rings is 1. The molecule has 0 saturated heterocycles. The second kappa shape index (κ2) is 5.33. The molecule has 0 fully saturated rings. The Kier molecular flexibility index (Phi) is 3.98. The lowest BCUT2D eigenvalue weighted by molar-refractivity contribution is 0.328. The van der Waals surface area contributed by atoms with E-state index in [-0.39, 0.29) is 0 Å². The third kappa shape index (κ3) is 3.06. The number of hydrogen-bond donors (Lipinski definition) is 2. The molecule has 3 heteroatoms. The summed E-state index contributed by atoms with van der Waals surface area (Å²) in [7, 11) is 0. The fraction of sp³-hybridized carbons (Fsp3) is 0.467. The van der Waals surface area contributed by atoms with E-state index in [2.05, 4.69) is 43.3 Å². The number of hydrogen-bond acceptors (Lipinski definition) is 1. The minimum absolute atomic E-state index is 0.357. The monoisotopic (exact) mass is 264 g/mol. The highest BCUT2D eigenvalue weighted by Crippen LogP contribution is 2.22. The van der Waals surface area contributed by atoms with E-state index in [1.165, 1.54) is 17.4 Å². The first-order chi connectivity index (χ1) is 8.52. The fourth-order valence-corrected chi connectivity index (χ4v) is 2.14. The summed E-state index contributed by atoms with van der Waals surface area (Å²) in [5.41, 5.74) is 2.76. The first-order valence-corrected chi connectivity index (χ1v) is 6.86. The molecule has 0 radical (unpaired) electrons. The van der Waals surface area contributed by atoms with Crippen molar-refractivity contribution >= 4 is 22.5 Å². The van der Waals surface area contributed by atoms with Crippen molar-refractivity contribution in [2.24, 2.45) is 5.41 Å². The Hall–Kier alpha value is -0.990. The number of aromatic nitrogens is 1. The van der Waals surface area contributed by atoms with Gasteiger partial charge in [0.05, 0.1) is 0 Å². The van der Waals surface area contributed by atoms with Gasteiger partial charge in [-0.1, -0.05) is 38.4 Å². The van der Waals surface area contributed by atoms with E-state index in [1.54, 1.807) is 0 Å². The molecule has 0 aliphatic rings. The van der Waals surface area contributed by atoms with Crippen LogP contribution in [0, 0.1) is 5.41 Å². The summed E-state index contributed by atoms with van der Waals surface area (Å²) in [5.74, 6) is 0. The van der Waals surface area contributed by atoms with Crippen LogP contribution in [0.1, 0.15) is 32.8 Å². The van der Waals surface area contributed by atoms with Crippen molar-refractivity contribution in [1.29, 1.82) is 0 Å². The Morgan fingerprint density at radius 1 is 1.33 bits per heavy atom. The molecule has 0 unspecified atom stereocenters. The zero-order chi connectivity index (χ0) is 13.2. The molecule has 1 aromatic heterocycles. The number of fused-ring (bicyclic) bond motifs is 1. The number of halogens is 1. The molecule has 0 atom stereocenters. The summed E-state index contributed by atoms with van der Waals surface area (Å²) in [4.78, 5) is 3.27. The van der Waals surface area contributed by atoms with Crippen molar-refractivity contribution < 1.29 is 0 Å². The summed E-state index contributed by atoms with van der Waals surface area (Å²) >= 11 is 5.98. The van der Waals surface area contributed by atoms with Gasteiger partial charge < -0.3 is 10.3 Å². The summed E-state index contributed by atoms with van der Waals surface area (Å²) in [6, 6.07) is 5.99. The number of aromatic amines is 1. The van der Waals surface area contributed by atoms with Crippen LogP contribution >= 0.6 is 11.6 Å². The summed E-state index contributed by atoms with van der Waals surface area (Å²) in [6.07, 6.45) is 3.25. The van der Waals surface area contributed by atoms with Gasteiger partial charge in [-0.2, -0.15) is 0 Å². The van der Waals surface area contributed by atoms with Gasteiger partial charge in [0, 0.05) is 35.2 Å². The van der Waals surface area contributed by atoms with Crippen molar-refractivity contribution in [3.05, 3.63) is 35.0 Å². The maximum atomic E-state index is 5.98. The predicted octanol–water partition coefficient (Wildman–Crippen LogP) is 4.35. The van der Waals surface area contributed by atoms with Crippen molar-refractivity contribution in [1.82, 2.24) is 10.3 Å². The van der Waals surface area contributed by atoms with Crippen LogP contribution in [0.4, 0.5) is 0 Å². The maximum absolute atomic E-state index is 5.98. The molecule has 0 aliphatic heterocycles. The van der Waals surface area contributed by atoms with Crippen LogP contribution in [0.2, 0.25) is 5.02 Å². The molecule has 2 rings (SSSR count). The van der Waals surface area contributed by atoms with Crippen LogP contribution in [0.15, 0.2) is 24.4 Å². The third-order valence-electron chi connectivity index (χ3n) is 3.61. The standard InChI is InChI=1S/C15H21ClN2/c1-4-15(2,3)10-17-8-11-9-18-14-7-12(16)5-6-13(11)14/h5-7,9,17-18H,4,8,10H2,1-3H3. The lowest BCUT2D eigenvalue weighted by Gasteiger charge is -2.22. The van der Waals surface area contributed by atoms with E-state index >= 15 is 0 Å². The first-order valence-electron chi connectivity index (χ1n) is 6.48. The summed E-state index contributed by atoms with van der Waals surface area (Å²) in [5, 5.41) is 5.56. The topological polar surface area (TPSA) is 27.8 Å². The molecule has 98 valence electrons. The molecule has 0 bridgehead atoms. The fourth-order valence-electron chi connectivity index (χ4n) is 1.97. The van der Waals surface area contributed by atoms with Crippen LogP contribution in [-0.4, -0.2) is 11.5 Å². The van der Waals surface area contributed by atoms with Crippen LogP contribution in [0.3, 0.4) is 0 Å². The average Bonchev–Trinajstić information content (AvgIpc) is 2.71. The van der Waals surface area contributed by atoms with Crippen molar-refractivity contribution in [3.8, 4) is 0 Å². The van der Waals surface area contributed by atoms with Gasteiger partial charge >= 0.3 is 0 Å². The normalized spacial score (nSPS) is 12.2. The maximum Gasteiger partial charge on any atom is 0.0472 e. The third-order valence-corrected chi connectivity index (χ3v) is 3.84. The van der Waals surface area contributed by atoms with Crippen LogP contribution in [0.25, 0.3) is 10.9 Å². The summed E-state index contributed by atoms with van der Waals surface area (Å²) in [6.45, 7) is 8.73. The molecule has 2 nitrogen and oxygen atoms in total. The van der Waals surface area contributed by atoms with Gasteiger partial charge in [-0.25, -0.2) is 0 Å². The highest BCUT2D eigenvalue weighted by Gasteiger charge is 2.14. The molecule has 2 N–H and O–H groups in total. The van der Waals surface area contributed by atoms with E-state index in [9.17, 15) is 0 Å². The van der Waals surface area contributed by atoms with Gasteiger partial charge in [0.25, 0.3) is 0 Å². The van der Waals surface area contributed by atoms with Gasteiger partial charge in [-0.15, -0.1) is 0 Å². The molecule has 0 saturated carbocycles. The molecule has 2 aromatic rings. The van der Waals surface area contributed by atoms with Crippen LogP contribution < -0.4 is 5.32 Å². The quantitative estimate of drug-likeness (QED) is 0.826. The van der Waals surface area contributed by atoms with Gasteiger partial charge in [0.2, 0.25) is 0 Å². The number of H-pyrrole nitrogens is 1. The molecule has 1 aromatic carbocycles. The zero-order valence-electron chi connectivity index (χ0n) is 11.3. The Bertz CT molecular complexity index is 528. The van der Waals surface area contributed by atoms with Crippen LogP contribution in [-0.2, 0) is 6.54 Å². The second-order valence-electron chi connectivity index (χ2n) is 5.63. The van der Waals surface area contributed by atoms with E-state index in [0.29, 0.717) is 5.41 Å². The lowest BCUT2D eigenvalue weighted by Crippen LogP contribution is -2.28. The van der Waals surface area contributed by atoms with Gasteiger partial charge in [-0.3, -0.25) is 0 Å². The average molecular weight is 265 g/mol. The minimum atomic E-state index is 0.357. The lowest BCUT2D eigenvalue weighted by atomic mass is 9.90. The Balaban J connectivity index is 2.04. The second-order valence-corrected chi connectivity index (χ2v) is 6.06. The summed E-state index contributed by atoms with van der Waals surface area (Å²) < 4.78 is 0. The van der Waals surface area contributed by atoms with Gasteiger partial charge in [0.15, 0.2) is 0 Å². The smallest absolute Gasteiger partial charge is 0.0472 e. The van der Waals surface area contributed by atoms with Crippen molar-refractivity contribution in [2.75, 3.05) is 6.54 Å². The first kappa shape index (κ1) is 13.4. The molecular formula is C15H21ClN2. The Labute approximate surface area is 114 Å². The van der Waals surface area contributed by atoms with E-state index in [4.69, 9.17) is 11.6 Å². The number of rotatable bonds is 5. The number of nitrogens with one attached hydrogen (secondary N) is 2. The minimum Gasteiger partial charge on any atom is -0.361 e. The van der Waals surface area contributed by atoms with Crippen molar-refractivity contribution in [3.63, 3.8) is 0 Å². The molecule has 0 amide bonds. The van der Waals surface area contributed by atoms with Gasteiger partial charge in [0.1, 0.15) is 0 Å². The molecule has 18 heavy (non-hydrogen) atoms. The highest BCUT2D eigenvalue weighted by atomic mass is 35.5. The van der Waals surface area contributed by atoms with E-state index < -0.39 is 0 Å². The van der Waals surface area contributed by atoms with Crippen molar-refractivity contribution in [2.45, 2.75) is 33.7 Å². The van der Waals surface area contributed by atoms with Gasteiger partial charge in [-0.05, 0) is 29.5 Å². The Morgan fingerprint density at radius 3 is 2.83 bits per heavy atom. The SMILES string of the molecule is CCC(C)(C)CNCc1c[nH]c2cc(Cl)ccc12. The largest absolute Gasteiger partial charge is 0.361 e. The Morgan fingerprint density at radius 2 is 2.11 bits per heavy atom.